The molecule has 0 bridgehead atoms. The van der Waals surface area contributed by atoms with Crippen LogP contribution < -0.4 is 10.5 Å². The minimum Gasteiger partial charge on any atom is -0.481 e. The van der Waals surface area contributed by atoms with Crippen molar-refractivity contribution in [1.29, 1.82) is 0 Å². The third-order valence-electron chi connectivity index (χ3n) is 2.65. The van der Waals surface area contributed by atoms with Crippen molar-refractivity contribution in [3.63, 3.8) is 0 Å². The predicted molar refractivity (Wildman–Crippen MR) is 55.4 cm³/mol. The molecule has 3 heteroatoms. The highest BCUT2D eigenvalue weighted by Gasteiger charge is 2.38. The minimum absolute atomic E-state index is 0.0544. The number of nitrogens with zero attached hydrogens (tertiary/aromatic N) is 1. The van der Waals surface area contributed by atoms with Gasteiger partial charge in [-0.25, -0.2) is 4.98 Å². The van der Waals surface area contributed by atoms with Gasteiger partial charge < -0.3 is 10.5 Å². The van der Waals surface area contributed by atoms with Crippen molar-refractivity contribution in [3.05, 3.63) is 23.4 Å². The van der Waals surface area contributed by atoms with Crippen molar-refractivity contribution < 1.29 is 4.74 Å². The first-order chi connectivity index (χ1) is 6.61. The van der Waals surface area contributed by atoms with Gasteiger partial charge in [0, 0.05) is 17.3 Å². The van der Waals surface area contributed by atoms with Crippen LogP contribution >= 0.6 is 0 Å². The fourth-order valence-electron chi connectivity index (χ4n) is 1.66. The zero-order valence-electron chi connectivity index (χ0n) is 8.71. The first-order valence-electron chi connectivity index (χ1n) is 4.92. The van der Waals surface area contributed by atoms with Gasteiger partial charge in [0.15, 0.2) is 0 Å². The Hall–Kier alpha value is -1.09. The molecule has 1 aliphatic rings. The van der Waals surface area contributed by atoms with Crippen molar-refractivity contribution in [2.24, 2.45) is 5.73 Å². The molecule has 0 aromatic carbocycles. The van der Waals surface area contributed by atoms with E-state index in [-0.39, 0.29) is 5.54 Å². The second-order valence-corrected chi connectivity index (χ2v) is 4.20. The monoisotopic (exact) mass is 192 g/mol. The molecule has 1 aliphatic carbocycles. The van der Waals surface area contributed by atoms with E-state index in [0.29, 0.717) is 5.88 Å². The van der Waals surface area contributed by atoms with Gasteiger partial charge in [0.25, 0.3) is 0 Å². The van der Waals surface area contributed by atoms with Crippen LogP contribution in [0.5, 0.6) is 5.88 Å². The summed E-state index contributed by atoms with van der Waals surface area (Å²) in [7, 11) is 1.64. The van der Waals surface area contributed by atoms with Gasteiger partial charge in [-0.2, -0.15) is 0 Å². The number of hydrogen-bond donors (Lipinski definition) is 1. The summed E-state index contributed by atoms with van der Waals surface area (Å²) in [6.07, 6.45) is 3.21. The molecule has 0 aliphatic heterocycles. The zero-order valence-corrected chi connectivity index (χ0v) is 8.71. The van der Waals surface area contributed by atoms with Gasteiger partial charge >= 0.3 is 0 Å². The topological polar surface area (TPSA) is 48.1 Å². The molecule has 2 rings (SSSR count). The van der Waals surface area contributed by atoms with E-state index in [4.69, 9.17) is 10.5 Å². The largest absolute Gasteiger partial charge is 0.481 e. The van der Waals surface area contributed by atoms with Crippen LogP contribution in [0.4, 0.5) is 0 Å². The third kappa shape index (κ3) is 2.04. The number of aromatic nitrogens is 1. The SMILES string of the molecule is COc1cc(CC2(N)CC2)cc(C)n1. The standard InChI is InChI=1S/C11H16N2O/c1-8-5-9(6-10(13-8)14-2)7-11(12)3-4-11/h5-6H,3-4,7,12H2,1-2H3. The first-order valence-corrected chi connectivity index (χ1v) is 4.92. The molecular weight excluding hydrogens is 176 g/mol. The Bertz CT molecular complexity index is 345. The molecule has 0 unspecified atom stereocenters. The average molecular weight is 192 g/mol. The fraction of sp³-hybridized carbons (Fsp3) is 0.545. The fourth-order valence-corrected chi connectivity index (χ4v) is 1.66. The second-order valence-electron chi connectivity index (χ2n) is 4.20. The van der Waals surface area contributed by atoms with Crippen LogP contribution in [0.1, 0.15) is 24.1 Å². The summed E-state index contributed by atoms with van der Waals surface area (Å²) in [5.41, 5.74) is 8.33. The zero-order chi connectivity index (χ0) is 10.2. The van der Waals surface area contributed by atoms with Crippen LogP contribution in [0.15, 0.2) is 12.1 Å². The van der Waals surface area contributed by atoms with E-state index < -0.39 is 0 Å². The van der Waals surface area contributed by atoms with Gasteiger partial charge in [-0.05, 0) is 37.8 Å². The normalized spacial score (nSPS) is 17.9. The molecule has 76 valence electrons. The Balaban J connectivity index is 2.20. The molecule has 0 saturated heterocycles. The van der Waals surface area contributed by atoms with E-state index in [2.05, 4.69) is 11.1 Å². The summed E-state index contributed by atoms with van der Waals surface area (Å²) in [4.78, 5) is 4.24. The molecule has 1 heterocycles. The highest BCUT2D eigenvalue weighted by atomic mass is 16.5. The lowest BCUT2D eigenvalue weighted by atomic mass is 10.1. The first kappa shape index (κ1) is 9.46. The van der Waals surface area contributed by atoms with Crippen molar-refractivity contribution >= 4 is 0 Å². The lowest BCUT2D eigenvalue weighted by molar-refractivity contribution is 0.396. The smallest absolute Gasteiger partial charge is 0.213 e. The Morgan fingerprint density at radius 2 is 2.21 bits per heavy atom. The van der Waals surface area contributed by atoms with Crippen molar-refractivity contribution in [3.8, 4) is 5.88 Å². The van der Waals surface area contributed by atoms with Crippen LogP contribution in [0.3, 0.4) is 0 Å². The van der Waals surface area contributed by atoms with Crippen molar-refractivity contribution in [2.75, 3.05) is 7.11 Å². The van der Waals surface area contributed by atoms with Gasteiger partial charge in [-0.15, -0.1) is 0 Å². The van der Waals surface area contributed by atoms with Crippen LogP contribution in [0.2, 0.25) is 0 Å². The van der Waals surface area contributed by atoms with Gasteiger partial charge in [0.2, 0.25) is 5.88 Å². The van der Waals surface area contributed by atoms with E-state index in [1.54, 1.807) is 7.11 Å². The Labute approximate surface area is 84.3 Å². The summed E-state index contributed by atoms with van der Waals surface area (Å²) in [6.45, 7) is 1.97. The Morgan fingerprint density at radius 1 is 1.50 bits per heavy atom. The number of ether oxygens (including phenoxy) is 1. The molecule has 14 heavy (non-hydrogen) atoms. The van der Waals surface area contributed by atoms with E-state index in [1.807, 2.05) is 13.0 Å². The molecular formula is C11H16N2O. The molecule has 1 fully saturated rings. The molecule has 3 nitrogen and oxygen atoms in total. The number of hydrogen-bond acceptors (Lipinski definition) is 3. The van der Waals surface area contributed by atoms with Crippen LogP contribution in [0, 0.1) is 6.92 Å². The number of aryl methyl sites for hydroxylation is 1. The van der Waals surface area contributed by atoms with Crippen LogP contribution in [0.25, 0.3) is 0 Å². The summed E-state index contributed by atoms with van der Waals surface area (Å²) in [5.74, 6) is 0.684. The number of pyridine rings is 1. The van der Waals surface area contributed by atoms with Gasteiger partial charge in [-0.3, -0.25) is 0 Å². The van der Waals surface area contributed by atoms with Gasteiger partial charge in [-0.1, -0.05) is 0 Å². The summed E-state index contributed by atoms with van der Waals surface area (Å²) < 4.78 is 5.12. The number of nitrogens with two attached hydrogens (primary N) is 1. The van der Waals surface area contributed by atoms with E-state index in [9.17, 15) is 0 Å². The maximum Gasteiger partial charge on any atom is 0.213 e. The molecule has 0 radical (unpaired) electrons. The van der Waals surface area contributed by atoms with E-state index >= 15 is 0 Å². The highest BCUT2D eigenvalue weighted by molar-refractivity contribution is 5.27. The quantitative estimate of drug-likeness (QED) is 0.788. The lowest BCUT2D eigenvalue weighted by Gasteiger charge is -2.10. The molecule has 0 spiro atoms. The second kappa shape index (κ2) is 3.24. The molecule has 0 amide bonds. The number of methoxy groups -OCH3 is 1. The van der Waals surface area contributed by atoms with E-state index in [0.717, 1.165) is 25.0 Å². The Morgan fingerprint density at radius 3 is 2.79 bits per heavy atom. The maximum absolute atomic E-state index is 6.06. The van der Waals surface area contributed by atoms with Crippen LogP contribution in [-0.4, -0.2) is 17.6 Å². The van der Waals surface area contributed by atoms with Crippen molar-refractivity contribution in [2.45, 2.75) is 31.7 Å². The molecule has 2 N–H and O–H groups in total. The van der Waals surface area contributed by atoms with Gasteiger partial charge in [0.05, 0.1) is 7.11 Å². The van der Waals surface area contributed by atoms with E-state index in [1.165, 1.54) is 5.56 Å². The Kier molecular flexibility index (Phi) is 2.19. The maximum atomic E-state index is 6.06. The minimum atomic E-state index is 0.0544. The third-order valence-corrected chi connectivity index (χ3v) is 2.65. The van der Waals surface area contributed by atoms with Crippen molar-refractivity contribution in [1.82, 2.24) is 4.98 Å². The summed E-state index contributed by atoms with van der Waals surface area (Å²) in [6, 6.07) is 4.05. The molecule has 1 aromatic heterocycles. The summed E-state index contributed by atoms with van der Waals surface area (Å²) >= 11 is 0. The van der Waals surface area contributed by atoms with Gasteiger partial charge in [0.1, 0.15) is 0 Å². The highest BCUT2D eigenvalue weighted by Crippen LogP contribution is 2.36. The molecule has 1 saturated carbocycles. The average Bonchev–Trinajstić information content (AvgIpc) is 2.82. The predicted octanol–water partition coefficient (Wildman–Crippen LogP) is 1.43. The lowest BCUT2D eigenvalue weighted by Crippen LogP contribution is -2.24. The van der Waals surface area contributed by atoms with Crippen LogP contribution in [-0.2, 0) is 6.42 Å². The molecule has 0 atom stereocenters. The molecule has 1 aromatic rings. The number of rotatable bonds is 3. The summed E-state index contributed by atoms with van der Waals surface area (Å²) in [5, 5.41) is 0.